The van der Waals surface area contributed by atoms with Gasteiger partial charge in [0.05, 0.1) is 19.2 Å². The SMILES string of the molecule is COc1ccc(Cn2nnnc2C2N3C(=O)C(NC(c4ccccc4)(c4cccc(Cl)c4)c4cccc(Cl)c4)C3SC2(C)C)cc1. The molecule has 234 valence electrons. The Labute approximate surface area is 282 Å². The Bertz CT molecular complexity index is 1840. The standard InChI is InChI=1S/C35H32Cl2N6O2S/c1-34(2)30(31-39-40-41-42(31)21-22-15-17-28(45-3)18-16-22)43-32(44)29(33(43)46-34)38-35(23-9-5-4-6-10-23,24-11-7-13-26(36)19-24)25-12-8-14-27(37)20-25/h4-20,29-30,33,38H,21H2,1-3H3. The number of β-lactam (4-membered cyclic amide) rings is 1. The second kappa shape index (κ2) is 12.0. The Hall–Kier alpha value is -3.89. The van der Waals surface area contributed by atoms with Crippen LogP contribution in [-0.2, 0) is 16.9 Å². The minimum atomic E-state index is -0.928. The van der Waals surface area contributed by atoms with Crippen LogP contribution in [-0.4, -0.2) is 54.3 Å². The highest BCUT2D eigenvalue weighted by atomic mass is 35.5. The third kappa shape index (κ3) is 5.25. The number of nitrogens with one attached hydrogen (secondary N) is 1. The van der Waals surface area contributed by atoms with E-state index in [2.05, 4.69) is 46.8 Å². The van der Waals surface area contributed by atoms with Gasteiger partial charge in [-0.3, -0.25) is 10.1 Å². The number of amides is 1. The molecule has 1 N–H and O–H groups in total. The molecule has 5 aromatic rings. The molecule has 3 heterocycles. The lowest BCUT2D eigenvalue weighted by molar-refractivity contribution is -0.150. The maximum Gasteiger partial charge on any atom is 0.244 e. The number of rotatable bonds is 9. The summed E-state index contributed by atoms with van der Waals surface area (Å²) in [5, 5.41) is 17.7. The Kier molecular flexibility index (Phi) is 8.05. The monoisotopic (exact) mass is 670 g/mol. The molecule has 3 atom stereocenters. The first-order valence-electron chi connectivity index (χ1n) is 15.0. The summed E-state index contributed by atoms with van der Waals surface area (Å²) < 4.78 is 6.73. The smallest absolute Gasteiger partial charge is 0.244 e. The van der Waals surface area contributed by atoms with Crippen molar-refractivity contribution in [1.82, 2.24) is 30.4 Å². The van der Waals surface area contributed by atoms with Gasteiger partial charge in [-0.1, -0.05) is 89.9 Å². The molecule has 2 saturated heterocycles. The molecular formula is C35H32Cl2N6O2S. The van der Waals surface area contributed by atoms with Crippen LogP contribution in [0.25, 0.3) is 0 Å². The van der Waals surface area contributed by atoms with E-state index in [0.29, 0.717) is 22.4 Å². The van der Waals surface area contributed by atoms with Crippen molar-refractivity contribution in [1.29, 1.82) is 0 Å². The van der Waals surface area contributed by atoms with Gasteiger partial charge in [-0.15, -0.1) is 16.9 Å². The van der Waals surface area contributed by atoms with E-state index in [9.17, 15) is 4.79 Å². The van der Waals surface area contributed by atoms with Crippen LogP contribution in [0.2, 0.25) is 10.0 Å². The minimum Gasteiger partial charge on any atom is -0.497 e. The number of carbonyl (C=O) groups is 1. The van der Waals surface area contributed by atoms with Gasteiger partial charge in [0, 0.05) is 14.8 Å². The lowest BCUT2D eigenvalue weighted by Gasteiger charge is -2.49. The maximum absolute atomic E-state index is 14.4. The molecule has 7 rings (SSSR count). The van der Waals surface area contributed by atoms with Crippen LogP contribution in [0.5, 0.6) is 5.75 Å². The maximum atomic E-state index is 14.4. The van der Waals surface area contributed by atoms with Gasteiger partial charge in [0.25, 0.3) is 0 Å². The summed E-state index contributed by atoms with van der Waals surface area (Å²) in [6, 6.07) is 32.6. The second-order valence-corrected chi connectivity index (χ2v) is 14.7. The molecule has 8 nitrogen and oxygen atoms in total. The van der Waals surface area contributed by atoms with Crippen LogP contribution in [0.15, 0.2) is 103 Å². The van der Waals surface area contributed by atoms with Gasteiger partial charge < -0.3 is 9.64 Å². The number of nitrogens with zero attached hydrogens (tertiary/aromatic N) is 5. The average Bonchev–Trinajstić information content (AvgIpc) is 3.61. The van der Waals surface area contributed by atoms with E-state index in [1.54, 1.807) is 23.6 Å². The zero-order valence-electron chi connectivity index (χ0n) is 25.5. The van der Waals surface area contributed by atoms with Crippen molar-refractivity contribution < 1.29 is 9.53 Å². The van der Waals surface area contributed by atoms with Gasteiger partial charge in [0.15, 0.2) is 5.82 Å². The van der Waals surface area contributed by atoms with Crippen LogP contribution >= 0.6 is 35.0 Å². The Morgan fingerprint density at radius 2 is 1.52 bits per heavy atom. The van der Waals surface area contributed by atoms with Gasteiger partial charge >= 0.3 is 0 Å². The van der Waals surface area contributed by atoms with Crippen molar-refractivity contribution in [2.45, 2.75) is 48.1 Å². The van der Waals surface area contributed by atoms with Crippen molar-refractivity contribution in [3.8, 4) is 5.75 Å². The van der Waals surface area contributed by atoms with Crippen LogP contribution in [0.4, 0.5) is 0 Å². The fourth-order valence-electron chi connectivity index (χ4n) is 6.70. The van der Waals surface area contributed by atoms with Crippen molar-refractivity contribution in [2.75, 3.05) is 7.11 Å². The fraction of sp³-hybridized carbons (Fsp3) is 0.257. The molecule has 1 aromatic heterocycles. The third-order valence-corrected chi connectivity index (χ3v) is 10.9. The van der Waals surface area contributed by atoms with Crippen LogP contribution in [0.1, 0.15) is 48.0 Å². The highest BCUT2D eigenvalue weighted by molar-refractivity contribution is 8.01. The predicted octanol–water partition coefficient (Wildman–Crippen LogP) is 6.72. The second-order valence-electron chi connectivity index (χ2n) is 12.1. The molecule has 2 aliphatic heterocycles. The molecule has 0 bridgehead atoms. The van der Waals surface area contributed by atoms with Crippen LogP contribution in [0.3, 0.4) is 0 Å². The summed E-state index contributed by atoms with van der Waals surface area (Å²) in [5.74, 6) is 1.42. The molecule has 1 amide bonds. The number of methoxy groups -OCH3 is 1. The normalized spacial score (nSPS) is 20.3. The summed E-state index contributed by atoms with van der Waals surface area (Å²) in [4.78, 5) is 16.3. The van der Waals surface area contributed by atoms with Crippen LogP contribution < -0.4 is 10.1 Å². The minimum absolute atomic E-state index is 0.0172. The highest BCUT2D eigenvalue weighted by Crippen LogP contribution is 2.58. The van der Waals surface area contributed by atoms with Gasteiger partial charge in [-0.05, 0) is 82.9 Å². The summed E-state index contributed by atoms with van der Waals surface area (Å²) in [6.07, 6.45) is 0. The Morgan fingerprint density at radius 1 is 0.891 bits per heavy atom. The zero-order valence-corrected chi connectivity index (χ0v) is 27.8. The summed E-state index contributed by atoms with van der Waals surface area (Å²) in [7, 11) is 1.64. The van der Waals surface area contributed by atoms with Crippen molar-refractivity contribution in [3.63, 3.8) is 0 Å². The summed E-state index contributed by atoms with van der Waals surface area (Å²) >= 11 is 15.0. The topological polar surface area (TPSA) is 85.2 Å². The molecule has 46 heavy (non-hydrogen) atoms. The first kappa shape index (κ1) is 30.7. The van der Waals surface area contributed by atoms with Gasteiger partial charge in [0.2, 0.25) is 5.91 Å². The van der Waals surface area contributed by atoms with E-state index in [-0.39, 0.29) is 22.1 Å². The zero-order chi connectivity index (χ0) is 32.1. The number of ether oxygens (including phenoxy) is 1. The van der Waals surface area contributed by atoms with E-state index in [4.69, 9.17) is 27.9 Å². The molecule has 0 spiro atoms. The molecule has 2 fully saturated rings. The average molecular weight is 672 g/mol. The fourth-order valence-corrected chi connectivity index (χ4v) is 8.71. The number of tetrazole rings is 1. The van der Waals surface area contributed by atoms with Gasteiger partial charge in [-0.25, -0.2) is 4.68 Å². The lowest BCUT2D eigenvalue weighted by atomic mass is 9.76. The quantitative estimate of drug-likeness (QED) is 0.138. The molecule has 4 aromatic carbocycles. The van der Waals surface area contributed by atoms with Crippen molar-refractivity contribution in [2.24, 2.45) is 0 Å². The molecule has 11 heteroatoms. The largest absolute Gasteiger partial charge is 0.497 e. The Balaban J connectivity index is 1.27. The van der Waals surface area contributed by atoms with E-state index >= 15 is 0 Å². The highest BCUT2D eigenvalue weighted by Gasteiger charge is 2.64. The van der Waals surface area contributed by atoms with Crippen molar-refractivity contribution in [3.05, 3.63) is 141 Å². The number of halogens is 2. The summed E-state index contributed by atoms with van der Waals surface area (Å²) in [6.45, 7) is 4.77. The lowest BCUT2D eigenvalue weighted by Crippen LogP contribution is -2.70. The number of thioether (sulfide) groups is 1. The number of aromatic nitrogens is 4. The molecule has 0 radical (unpaired) electrons. The molecule has 0 aliphatic carbocycles. The third-order valence-electron chi connectivity index (χ3n) is 8.83. The molecule has 3 unspecified atom stereocenters. The number of fused-ring (bicyclic) bond motifs is 1. The number of carbonyl (C=O) groups excluding carboxylic acids is 1. The molecular weight excluding hydrogens is 639 g/mol. The first-order chi connectivity index (χ1) is 22.2. The van der Waals surface area contributed by atoms with E-state index in [0.717, 1.165) is 28.0 Å². The first-order valence-corrected chi connectivity index (χ1v) is 16.6. The predicted molar refractivity (Wildman–Crippen MR) is 181 cm³/mol. The van der Waals surface area contributed by atoms with Crippen LogP contribution in [0, 0.1) is 0 Å². The molecule has 0 saturated carbocycles. The summed E-state index contributed by atoms with van der Waals surface area (Å²) in [5.41, 5.74) is 2.87. The number of hydrogen-bond donors (Lipinski definition) is 1. The molecule has 2 aliphatic rings. The van der Waals surface area contributed by atoms with Gasteiger partial charge in [0.1, 0.15) is 23.2 Å². The van der Waals surface area contributed by atoms with Crippen molar-refractivity contribution >= 4 is 40.9 Å². The van der Waals surface area contributed by atoms with E-state index < -0.39 is 11.6 Å². The number of benzene rings is 4. The Morgan fingerprint density at radius 3 is 2.13 bits per heavy atom. The van der Waals surface area contributed by atoms with E-state index in [1.165, 1.54) is 0 Å². The van der Waals surface area contributed by atoms with Gasteiger partial charge in [-0.2, -0.15) is 0 Å². The number of hydrogen-bond acceptors (Lipinski definition) is 7. The van der Waals surface area contributed by atoms with E-state index in [1.807, 2.05) is 95.9 Å².